The normalized spacial score (nSPS) is 22.8. The number of fused-ring (bicyclic) bond motifs is 1. The minimum absolute atomic E-state index is 0.0196. The van der Waals surface area contributed by atoms with Gasteiger partial charge in [-0.15, -0.1) is 0 Å². The maximum Gasteiger partial charge on any atom is 0.228 e. The SMILES string of the molecule is COc1cc(-c2cc(=O)c3c(O)cc(O[C@H]4OC[C@H](O)[C@@H](O)[C@@H]4O)cc3o2)cc(OC)c1O. The second kappa shape index (κ2) is 8.79. The van der Waals surface area contributed by atoms with Crippen LogP contribution in [0.15, 0.2) is 39.5 Å². The van der Waals surface area contributed by atoms with Gasteiger partial charge in [-0.3, -0.25) is 4.79 Å². The second-order valence-electron chi connectivity index (χ2n) is 7.39. The molecule has 11 heteroatoms. The highest BCUT2D eigenvalue weighted by Crippen LogP contribution is 2.41. The van der Waals surface area contributed by atoms with Gasteiger partial charge in [0.25, 0.3) is 0 Å². The first-order valence-electron chi connectivity index (χ1n) is 9.82. The lowest BCUT2D eigenvalue weighted by atomic mass is 10.1. The highest BCUT2D eigenvalue weighted by atomic mass is 16.7. The molecule has 1 fully saturated rings. The molecule has 0 saturated carbocycles. The summed E-state index contributed by atoms with van der Waals surface area (Å²) in [6.07, 6.45) is -5.64. The highest BCUT2D eigenvalue weighted by Gasteiger charge is 2.39. The van der Waals surface area contributed by atoms with Crippen molar-refractivity contribution in [2.75, 3.05) is 20.8 Å². The number of ether oxygens (including phenoxy) is 4. The van der Waals surface area contributed by atoms with Gasteiger partial charge in [0.05, 0.1) is 20.8 Å². The van der Waals surface area contributed by atoms with E-state index in [1.165, 1.54) is 38.5 Å². The van der Waals surface area contributed by atoms with E-state index >= 15 is 0 Å². The van der Waals surface area contributed by atoms with E-state index in [1.807, 2.05) is 0 Å². The van der Waals surface area contributed by atoms with E-state index in [0.717, 1.165) is 6.07 Å². The third-order valence-corrected chi connectivity index (χ3v) is 5.25. The van der Waals surface area contributed by atoms with Gasteiger partial charge in [-0.25, -0.2) is 0 Å². The molecule has 0 radical (unpaired) electrons. The Kier molecular flexibility index (Phi) is 6.04. The van der Waals surface area contributed by atoms with Crippen molar-refractivity contribution in [3.8, 4) is 40.1 Å². The molecule has 4 rings (SSSR count). The van der Waals surface area contributed by atoms with Crippen LogP contribution < -0.4 is 19.6 Å². The fourth-order valence-corrected chi connectivity index (χ4v) is 3.51. The van der Waals surface area contributed by atoms with E-state index in [0.29, 0.717) is 5.56 Å². The summed E-state index contributed by atoms with van der Waals surface area (Å²) in [5.41, 5.74) is -0.229. The first kappa shape index (κ1) is 22.7. The number of phenolic OH excluding ortho intramolecular Hbond substituents is 2. The third kappa shape index (κ3) is 4.14. The van der Waals surface area contributed by atoms with Crippen molar-refractivity contribution < 1.29 is 48.9 Å². The monoisotopic (exact) mass is 462 g/mol. The molecule has 1 saturated heterocycles. The lowest BCUT2D eigenvalue weighted by Gasteiger charge is -2.34. The number of benzene rings is 2. The Morgan fingerprint density at radius 1 is 0.939 bits per heavy atom. The molecule has 0 amide bonds. The van der Waals surface area contributed by atoms with Gasteiger partial charge in [0.1, 0.15) is 46.5 Å². The average Bonchev–Trinajstić information content (AvgIpc) is 2.79. The Balaban J connectivity index is 1.76. The summed E-state index contributed by atoms with van der Waals surface area (Å²) in [6, 6.07) is 6.50. The lowest BCUT2D eigenvalue weighted by Crippen LogP contribution is -2.54. The van der Waals surface area contributed by atoms with Crippen molar-refractivity contribution in [2.24, 2.45) is 0 Å². The molecule has 0 bridgehead atoms. The van der Waals surface area contributed by atoms with Crippen molar-refractivity contribution >= 4 is 11.0 Å². The first-order valence-corrected chi connectivity index (χ1v) is 9.82. The lowest BCUT2D eigenvalue weighted by molar-refractivity contribution is -0.242. The number of aromatic hydroxyl groups is 2. The van der Waals surface area contributed by atoms with Crippen molar-refractivity contribution in [1.82, 2.24) is 0 Å². The van der Waals surface area contributed by atoms with E-state index in [1.54, 1.807) is 0 Å². The molecule has 11 nitrogen and oxygen atoms in total. The predicted octanol–water partition coefficient (Wildman–Crippen LogP) is 0.706. The van der Waals surface area contributed by atoms with Crippen LogP contribution in [0, 0.1) is 0 Å². The molecule has 1 aromatic heterocycles. The first-order chi connectivity index (χ1) is 15.7. The molecule has 0 unspecified atom stereocenters. The van der Waals surface area contributed by atoms with Crippen LogP contribution in [0.25, 0.3) is 22.3 Å². The maximum absolute atomic E-state index is 12.7. The van der Waals surface area contributed by atoms with Crippen LogP contribution in [0.2, 0.25) is 0 Å². The summed E-state index contributed by atoms with van der Waals surface area (Å²) < 4.78 is 26.8. The summed E-state index contributed by atoms with van der Waals surface area (Å²) in [6.45, 7) is -0.272. The van der Waals surface area contributed by atoms with Crippen molar-refractivity contribution in [3.63, 3.8) is 0 Å². The minimum Gasteiger partial charge on any atom is -0.507 e. The van der Waals surface area contributed by atoms with Crippen LogP contribution in [0.4, 0.5) is 0 Å². The summed E-state index contributed by atoms with van der Waals surface area (Å²) in [4.78, 5) is 12.7. The molecule has 3 aromatic rings. The molecule has 1 aliphatic rings. The van der Waals surface area contributed by atoms with Crippen LogP contribution in [-0.4, -0.2) is 71.0 Å². The number of phenols is 2. The summed E-state index contributed by atoms with van der Waals surface area (Å²) in [5, 5.41) is 49.8. The van der Waals surface area contributed by atoms with Gasteiger partial charge < -0.3 is 48.9 Å². The van der Waals surface area contributed by atoms with Crippen molar-refractivity contribution in [2.45, 2.75) is 24.6 Å². The summed E-state index contributed by atoms with van der Waals surface area (Å²) in [7, 11) is 2.71. The van der Waals surface area contributed by atoms with Gasteiger partial charge in [0.15, 0.2) is 16.9 Å². The Hall–Kier alpha value is -3.51. The van der Waals surface area contributed by atoms with Gasteiger partial charge >= 0.3 is 0 Å². The molecule has 33 heavy (non-hydrogen) atoms. The van der Waals surface area contributed by atoms with Gasteiger partial charge in [-0.1, -0.05) is 0 Å². The second-order valence-corrected chi connectivity index (χ2v) is 7.39. The fourth-order valence-electron chi connectivity index (χ4n) is 3.51. The average molecular weight is 462 g/mol. The van der Waals surface area contributed by atoms with Crippen LogP contribution in [-0.2, 0) is 4.74 Å². The van der Waals surface area contributed by atoms with Gasteiger partial charge in [0.2, 0.25) is 12.0 Å². The highest BCUT2D eigenvalue weighted by molar-refractivity contribution is 5.86. The third-order valence-electron chi connectivity index (χ3n) is 5.25. The predicted molar refractivity (Wildman–Crippen MR) is 113 cm³/mol. The zero-order valence-electron chi connectivity index (χ0n) is 17.6. The standard InChI is InChI=1S/C22H22O11/c1-29-16-3-9(4-17(30-2)20(16)27)14-7-12(24)18-11(23)5-10(6-15(18)33-14)32-22-21(28)19(26)13(25)8-31-22/h3-7,13,19,21-23,25-28H,8H2,1-2H3/t13-,19+,21-,22+/m0/s1. The molecule has 176 valence electrons. The number of aliphatic hydroxyl groups is 3. The van der Waals surface area contributed by atoms with Gasteiger partial charge in [-0.05, 0) is 12.1 Å². The number of methoxy groups -OCH3 is 2. The van der Waals surface area contributed by atoms with Crippen molar-refractivity contribution in [3.05, 3.63) is 40.6 Å². The largest absolute Gasteiger partial charge is 0.507 e. The zero-order chi connectivity index (χ0) is 23.9. The smallest absolute Gasteiger partial charge is 0.228 e. The summed E-state index contributed by atoms with van der Waals surface area (Å²) in [5.74, 6) is -0.400. The Labute approximate surface area is 186 Å². The topological polar surface area (TPSA) is 168 Å². The molecule has 0 spiro atoms. The van der Waals surface area contributed by atoms with E-state index in [2.05, 4.69) is 0 Å². The number of hydrogen-bond donors (Lipinski definition) is 5. The minimum atomic E-state index is -1.55. The zero-order valence-corrected chi connectivity index (χ0v) is 17.6. The molecular weight excluding hydrogens is 440 g/mol. The van der Waals surface area contributed by atoms with E-state index in [-0.39, 0.29) is 46.3 Å². The fraction of sp³-hybridized carbons (Fsp3) is 0.318. The Bertz CT molecular complexity index is 1210. The van der Waals surface area contributed by atoms with Crippen LogP contribution in [0.5, 0.6) is 28.7 Å². The Morgan fingerprint density at radius 2 is 1.61 bits per heavy atom. The molecule has 1 aliphatic heterocycles. The number of hydrogen-bond acceptors (Lipinski definition) is 11. The van der Waals surface area contributed by atoms with E-state index in [9.17, 15) is 30.3 Å². The summed E-state index contributed by atoms with van der Waals surface area (Å²) >= 11 is 0. The molecule has 4 atom stereocenters. The Morgan fingerprint density at radius 3 is 2.24 bits per heavy atom. The molecule has 5 N–H and O–H groups in total. The van der Waals surface area contributed by atoms with E-state index < -0.39 is 35.8 Å². The van der Waals surface area contributed by atoms with Gasteiger partial charge in [-0.2, -0.15) is 0 Å². The molecular formula is C22H22O11. The number of rotatable bonds is 5. The molecule has 0 aliphatic carbocycles. The van der Waals surface area contributed by atoms with Gasteiger partial charge in [0, 0.05) is 23.8 Å². The quantitative estimate of drug-likeness (QED) is 0.362. The van der Waals surface area contributed by atoms with Crippen LogP contribution >= 0.6 is 0 Å². The van der Waals surface area contributed by atoms with E-state index in [4.69, 9.17) is 23.4 Å². The molecule has 2 heterocycles. The van der Waals surface area contributed by atoms with Crippen molar-refractivity contribution in [1.29, 1.82) is 0 Å². The number of aliphatic hydroxyl groups excluding tert-OH is 3. The van der Waals surface area contributed by atoms with Crippen LogP contribution in [0.3, 0.4) is 0 Å². The maximum atomic E-state index is 12.7. The van der Waals surface area contributed by atoms with Crippen LogP contribution in [0.1, 0.15) is 0 Å². The molecule has 2 aromatic carbocycles.